The number of likely N-dealkylation sites (N-methyl/N-ethyl adjacent to an activating group) is 1. The van der Waals surface area contributed by atoms with Crippen LogP contribution in [0.3, 0.4) is 0 Å². The summed E-state index contributed by atoms with van der Waals surface area (Å²) >= 11 is 5.92. The Morgan fingerprint density at radius 1 is 1.21 bits per heavy atom. The minimum atomic E-state index is 0.716. The minimum Gasteiger partial charge on any atom is -0.313 e. The molecule has 1 N–H and O–H groups in total. The molecule has 3 rings (SSSR count). The molecule has 0 aromatic heterocycles. The van der Waals surface area contributed by atoms with E-state index in [0.29, 0.717) is 6.04 Å². The van der Waals surface area contributed by atoms with E-state index in [1.165, 1.54) is 37.8 Å². The molecule has 0 amide bonds. The predicted octanol–water partition coefficient (Wildman–Crippen LogP) is 3.27. The Morgan fingerprint density at radius 2 is 1.89 bits per heavy atom. The van der Waals surface area contributed by atoms with Crippen LogP contribution in [0.15, 0.2) is 24.3 Å². The van der Waals surface area contributed by atoms with Gasteiger partial charge in [0.05, 0.1) is 0 Å². The number of rotatable bonds is 6. The van der Waals surface area contributed by atoms with E-state index in [1.807, 2.05) is 12.1 Å². The SMILES string of the molecule is CN(CCNC1CC(c2ccc(Cl)cc2)C1)C1CC1. The zero-order chi connectivity index (χ0) is 13.2. The monoisotopic (exact) mass is 278 g/mol. The number of nitrogens with zero attached hydrogens (tertiary/aromatic N) is 1. The van der Waals surface area contributed by atoms with Crippen molar-refractivity contribution in [2.24, 2.45) is 0 Å². The van der Waals surface area contributed by atoms with Crippen LogP contribution < -0.4 is 5.32 Å². The molecule has 2 aliphatic carbocycles. The van der Waals surface area contributed by atoms with E-state index in [4.69, 9.17) is 11.6 Å². The molecule has 0 spiro atoms. The molecule has 1 aromatic carbocycles. The van der Waals surface area contributed by atoms with Gasteiger partial charge in [0.2, 0.25) is 0 Å². The minimum absolute atomic E-state index is 0.716. The molecule has 0 radical (unpaired) electrons. The van der Waals surface area contributed by atoms with Gasteiger partial charge in [0.25, 0.3) is 0 Å². The van der Waals surface area contributed by atoms with Crippen molar-refractivity contribution in [3.63, 3.8) is 0 Å². The van der Waals surface area contributed by atoms with Crippen LogP contribution >= 0.6 is 11.6 Å². The molecule has 19 heavy (non-hydrogen) atoms. The maximum Gasteiger partial charge on any atom is 0.0406 e. The topological polar surface area (TPSA) is 15.3 Å². The number of benzene rings is 1. The standard InChI is InChI=1S/C16H23ClN2/c1-19(16-6-7-16)9-8-18-15-10-13(11-15)12-2-4-14(17)5-3-12/h2-5,13,15-16,18H,6-11H2,1H3. The summed E-state index contributed by atoms with van der Waals surface area (Å²) < 4.78 is 0. The van der Waals surface area contributed by atoms with Crippen LogP contribution in [0.4, 0.5) is 0 Å². The molecule has 0 heterocycles. The largest absolute Gasteiger partial charge is 0.313 e. The van der Waals surface area contributed by atoms with E-state index in [1.54, 1.807) is 0 Å². The van der Waals surface area contributed by atoms with Crippen molar-refractivity contribution in [2.45, 2.75) is 43.7 Å². The van der Waals surface area contributed by atoms with Crippen molar-refractivity contribution >= 4 is 11.6 Å². The van der Waals surface area contributed by atoms with Crippen molar-refractivity contribution in [2.75, 3.05) is 20.1 Å². The molecule has 2 saturated carbocycles. The lowest BCUT2D eigenvalue weighted by atomic mass is 9.76. The second-order valence-electron chi connectivity index (χ2n) is 6.08. The van der Waals surface area contributed by atoms with Crippen molar-refractivity contribution < 1.29 is 0 Å². The lowest BCUT2D eigenvalue weighted by Gasteiger charge is -2.37. The van der Waals surface area contributed by atoms with E-state index in [2.05, 4.69) is 29.4 Å². The molecule has 0 aliphatic heterocycles. The van der Waals surface area contributed by atoms with Crippen LogP contribution in [0.5, 0.6) is 0 Å². The highest BCUT2D eigenvalue weighted by atomic mass is 35.5. The Hall–Kier alpha value is -0.570. The van der Waals surface area contributed by atoms with Crippen molar-refractivity contribution in [1.82, 2.24) is 10.2 Å². The first kappa shape index (κ1) is 13.4. The summed E-state index contributed by atoms with van der Waals surface area (Å²) in [5.74, 6) is 0.732. The van der Waals surface area contributed by atoms with Crippen molar-refractivity contribution in [3.8, 4) is 0 Å². The average Bonchev–Trinajstić information content (AvgIpc) is 3.17. The van der Waals surface area contributed by atoms with Gasteiger partial charge in [0.15, 0.2) is 0 Å². The predicted molar refractivity (Wildman–Crippen MR) is 80.9 cm³/mol. The van der Waals surface area contributed by atoms with Gasteiger partial charge in [-0.1, -0.05) is 23.7 Å². The number of halogens is 1. The first-order valence-electron chi connectivity index (χ1n) is 7.41. The summed E-state index contributed by atoms with van der Waals surface area (Å²) in [5, 5.41) is 4.51. The Bertz CT molecular complexity index is 407. The van der Waals surface area contributed by atoms with Gasteiger partial charge in [-0.3, -0.25) is 0 Å². The summed E-state index contributed by atoms with van der Waals surface area (Å²) in [6, 6.07) is 9.94. The molecule has 0 bridgehead atoms. The summed E-state index contributed by atoms with van der Waals surface area (Å²) in [6.07, 6.45) is 5.35. The fourth-order valence-electron chi connectivity index (χ4n) is 2.93. The molecule has 0 saturated heterocycles. The van der Waals surface area contributed by atoms with Crippen molar-refractivity contribution in [3.05, 3.63) is 34.9 Å². The lowest BCUT2D eigenvalue weighted by Crippen LogP contribution is -2.43. The highest BCUT2D eigenvalue weighted by Crippen LogP contribution is 2.37. The van der Waals surface area contributed by atoms with Crippen LogP contribution in [0.25, 0.3) is 0 Å². The van der Waals surface area contributed by atoms with Gasteiger partial charge in [-0.25, -0.2) is 0 Å². The van der Waals surface area contributed by atoms with Gasteiger partial charge in [-0.2, -0.15) is 0 Å². The van der Waals surface area contributed by atoms with Crippen LogP contribution in [-0.2, 0) is 0 Å². The Balaban J connectivity index is 1.34. The zero-order valence-electron chi connectivity index (χ0n) is 11.6. The van der Waals surface area contributed by atoms with Crippen LogP contribution in [-0.4, -0.2) is 37.1 Å². The summed E-state index contributed by atoms with van der Waals surface area (Å²) in [4.78, 5) is 2.49. The highest BCUT2D eigenvalue weighted by Gasteiger charge is 2.30. The molecular weight excluding hydrogens is 256 g/mol. The second kappa shape index (κ2) is 5.82. The fraction of sp³-hybridized carbons (Fsp3) is 0.625. The van der Waals surface area contributed by atoms with Gasteiger partial charge in [0.1, 0.15) is 0 Å². The van der Waals surface area contributed by atoms with E-state index in [-0.39, 0.29) is 0 Å². The molecule has 2 fully saturated rings. The van der Waals surface area contributed by atoms with Gasteiger partial charge < -0.3 is 10.2 Å². The highest BCUT2D eigenvalue weighted by molar-refractivity contribution is 6.30. The Kier molecular flexibility index (Phi) is 4.11. The number of nitrogens with one attached hydrogen (secondary N) is 1. The average molecular weight is 279 g/mol. The van der Waals surface area contributed by atoms with E-state index in [0.717, 1.165) is 23.5 Å². The maximum absolute atomic E-state index is 5.92. The first-order chi connectivity index (χ1) is 9.22. The summed E-state index contributed by atoms with van der Waals surface area (Å²) in [5.41, 5.74) is 1.44. The maximum atomic E-state index is 5.92. The molecule has 104 valence electrons. The van der Waals surface area contributed by atoms with Gasteiger partial charge in [-0.05, 0) is 56.3 Å². The number of hydrogen-bond acceptors (Lipinski definition) is 2. The normalized spacial score (nSPS) is 26.5. The third kappa shape index (κ3) is 3.50. The van der Waals surface area contributed by atoms with E-state index < -0.39 is 0 Å². The molecule has 1 aromatic rings. The first-order valence-corrected chi connectivity index (χ1v) is 7.79. The van der Waals surface area contributed by atoms with E-state index >= 15 is 0 Å². The molecular formula is C16H23ClN2. The van der Waals surface area contributed by atoms with Crippen LogP contribution in [0.2, 0.25) is 5.02 Å². The van der Waals surface area contributed by atoms with Gasteiger partial charge in [-0.15, -0.1) is 0 Å². The number of hydrogen-bond donors (Lipinski definition) is 1. The summed E-state index contributed by atoms with van der Waals surface area (Å²) in [6.45, 7) is 2.32. The van der Waals surface area contributed by atoms with Gasteiger partial charge in [0, 0.05) is 30.2 Å². The molecule has 3 heteroatoms. The third-order valence-electron chi connectivity index (χ3n) is 4.55. The fourth-order valence-corrected chi connectivity index (χ4v) is 3.06. The molecule has 2 aliphatic rings. The smallest absolute Gasteiger partial charge is 0.0406 e. The van der Waals surface area contributed by atoms with Crippen LogP contribution in [0, 0.1) is 0 Å². The van der Waals surface area contributed by atoms with E-state index in [9.17, 15) is 0 Å². The Morgan fingerprint density at radius 3 is 2.53 bits per heavy atom. The molecule has 0 atom stereocenters. The quantitative estimate of drug-likeness (QED) is 0.859. The van der Waals surface area contributed by atoms with Crippen molar-refractivity contribution in [1.29, 1.82) is 0 Å². The van der Waals surface area contributed by atoms with Gasteiger partial charge >= 0.3 is 0 Å². The molecule has 0 unspecified atom stereocenters. The van der Waals surface area contributed by atoms with Crippen LogP contribution in [0.1, 0.15) is 37.2 Å². The Labute approximate surface area is 121 Å². The zero-order valence-corrected chi connectivity index (χ0v) is 12.4. The second-order valence-corrected chi connectivity index (χ2v) is 6.52. The lowest BCUT2D eigenvalue weighted by molar-refractivity contribution is 0.262. The third-order valence-corrected chi connectivity index (χ3v) is 4.80. The summed E-state index contributed by atoms with van der Waals surface area (Å²) in [7, 11) is 2.25. The molecule has 2 nitrogen and oxygen atoms in total.